The Bertz CT molecular complexity index is 2180. The Morgan fingerprint density at radius 3 is 1.41 bits per heavy atom. The van der Waals surface area contributed by atoms with Gasteiger partial charge in [0.2, 0.25) is 0 Å². The lowest BCUT2D eigenvalue weighted by Crippen LogP contribution is -2.40. The van der Waals surface area contributed by atoms with Crippen LogP contribution in [0, 0.1) is 5.41 Å². The number of hydrogen-bond acceptors (Lipinski definition) is 10. The van der Waals surface area contributed by atoms with E-state index < -0.39 is 29.4 Å². The van der Waals surface area contributed by atoms with Gasteiger partial charge in [-0.1, -0.05) is 61.0 Å². The van der Waals surface area contributed by atoms with Crippen LogP contribution in [0.3, 0.4) is 0 Å². The number of phenolic OH excluding ortho intramolecular Hbond substituents is 1. The molecule has 14 heteroatoms. The van der Waals surface area contributed by atoms with Gasteiger partial charge in [0, 0.05) is 23.1 Å². The number of nitrogens with zero attached hydrogens (tertiary/aromatic N) is 2. The van der Waals surface area contributed by atoms with Crippen LogP contribution in [-0.4, -0.2) is 92.4 Å². The molecule has 13 nitrogen and oxygen atoms in total. The molecule has 0 bridgehead atoms. The third-order valence-corrected chi connectivity index (χ3v) is 9.08. The lowest BCUT2D eigenvalue weighted by molar-refractivity contribution is -0.121. The number of halogens is 1. The van der Waals surface area contributed by atoms with Crippen LogP contribution >= 0.6 is 15.9 Å². The molecule has 0 radical (unpaired) electrons. The molecule has 2 N–H and O–H groups in total. The Labute approximate surface area is 350 Å². The molecule has 6 rings (SSSR count). The molecule has 0 spiro atoms. The average Bonchev–Trinajstić information content (AvgIpc) is 3.56. The number of carbonyl (C=O) groups excluding carboxylic acids is 8. The van der Waals surface area contributed by atoms with Crippen molar-refractivity contribution >= 4 is 62.8 Å². The molecule has 59 heavy (non-hydrogen) atoms. The first-order valence-electron chi connectivity index (χ1n) is 18.6. The number of imide groups is 2. The molecule has 5 amide bonds. The van der Waals surface area contributed by atoms with Crippen LogP contribution < -0.4 is 10.1 Å². The highest BCUT2D eigenvalue weighted by molar-refractivity contribution is 9.09. The van der Waals surface area contributed by atoms with Crippen molar-refractivity contribution in [2.75, 3.05) is 25.0 Å². The van der Waals surface area contributed by atoms with Gasteiger partial charge >= 0.3 is 0 Å². The van der Waals surface area contributed by atoms with E-state index in [-0.39, 0.29) is 59.2 Å². The minimum absolute atomic E-state index is 0.0470. The number of aromatic hydroxyl groups is 1. The fraction of sp³-hybridized carbons (Fsp3) is 0.289. The first-order valence-corrected chi connectivity index (χ1v) is 19.7. The van der Waals surface area contributed by atoms with Crippen LogP contribution in [0.15, 0.2) is 97.1 Å². The van der Waals surface area contributed by atoms with Gasteiger partial charge in [0.05, 0.1) is 40.7 Å². The van der Waals surface area contributed by atoms with Gasteiger partial charge < -0.3 is 15.2 Å². The van der Waals surface area contributed by atoms with Crippen molar-refractivity contribution in [3.05, 3.63) is 130 Å². The van der Waals surface area contributed by atoms with Gasteiger partial charge in [-0.3, -0.25) is 48.2 Å². The monoisotopic (exact) mass is 867 g/mol. The molecule has 0 saturated heterocycles. The van der Waals surface area contributed by atoms with Crippen molar-refractivity contribution < 1.29 is 48.2 Å². The number of rotatable bonds is 11. The number of carbonyl (C=O) groups is 8. The summed E-state index contributed by atoms with van der Waals surface area (Å²) >= 11 is 3.00. The van der Waals surface area contributed by atoms with Crippen molar-refractivity contribution in [1.82, 2.24) is 15.1 Å². The SMILES string of the molecule is CC(C)(C)CC(=O)c1ccc(OCC(=O)CN2C(=O)c3ccccc3C2=O)cc1.CC(C)(C)NC(=O)c1ccc(O)cc1.O=C(CBr)CN1C(=O)c2ccccc2C1=O. The zero-order valence-corrected chi connectivity index (χ0v) is 35.3. The summed E-state index contributed by atoms with van der Waals surface area (Å²) in [7, 11) is 0. The summed E-state index contributed by atoms with van der Waals surface area (Å²) in [6, 6.07) is 25.8. The van der Waals surface area contributed by atoms with Gasteiger partial charge in [-0.2, -0.15) is 0 Å². The maximum Gasteiger partial charge on any atom is 0.261 e. The van der Waals surface area contributed by atoms with Crippen molar-refractivity contribution in [2.24, 2.45) is 5.41 Å². The Morgan fingerprint density at radius 2 is 1.02 bits per heavy atom. The molecule has 0 aromatic heterocycles. The van der Waals surface area contributed by atoms with E-state index in [0.717, 1.165) is 9.80 Å². The standard InChI is InChI=1S/C23H23NO5.C11H8BrNO3.C11H15NO2/c1-23(2,3)12-20(26)15-8-10-17(11-9-15)29-14-16(25)13-24-21(27)18-6-4-5-7-19(18)22(24)28;12-5-7(14)6-13-10(15)8-3-1-2-4-9(8)11(13)16;1-11(2,3)12-10(14)8-4-6-9(13)7-5-8/h4-11H,12-14H2,1-3H3;1-4H,5-6H2;4-7,13H,1-3H3,(H,12,14). The lowest BCUT2D eigenvalue weighted by Gasteiger charge is -2.20. The molecule has 2 aliphatic heterocycles. The minimum atomic E-state index is -0.472. The summed E-state index contributed by atoms with van der Waals surface area (Å²) in [6.07, 6.45) is 0.436. The number of hydrogen-bond donors (Lipinski definition) is 2. The average molecular weight is 869 g/mol. The Balaban J connectivity index is 0.000000216. The normalized spacial score (nSPS) is 13.1. The quantitative estimate of drug-likeness (QED) is 0.0933. The number of ether oxygens (including phenoxy) is 1. The molecule has 0 saturated carbocycles. The van der Waals surface area contributed by atoms with E-state index in [1.165, 1.54) is 12.1 Å². The summed E-state index contributed by atoms with van der Waals surface area (Å²) in [5, 5.41) is 12.0. The van der Waals surface area contributed by atoms with E-state index in [0.29, 0.717) is 45.6 Å². The zero-order valence-electron chi connectivity index (χ0n) is 33.7. The molecule has 0 aliphatic carbocycles. The van der Waals surface area contributed by atoms with Crippen LogP contribution in [0.4, 0.5) is 0 Å². The number of Topliss-reactive ketones (excluding diaryl/α,β-unsaturated/α-hetero) is 3. The maximum absolute atomic E-state index is 12.3. The third kappa shape index (κ3) is 12.6. The largest absolute Gasteiger partial charge is 0.508 e. The molecule has 0 fully saturated rings. The molecular formula is C45H46BrN3O10. The molecular weight excluding hydrogens is 822 g/mol. The number of ketones is 3. The summed E-state index contributed by atoms with van der Waals surface area (Å²) < 4.78 is 5.45. The lowest BCUT2D eigenvalue weighted by atomic mass is 9.88. The van der Waals surface area contributed by atoms with Crippen molar-refractivity contribution in [3.63, 3.8) is 0 Å². The molecule has 4 aromatic rings. The molecule has 4 aromatic carbocycles. The topological polar surface area (TPSA) is 185 Å². The highest BCUT2D eigenvalue weighted by atomic mass is 79.9. The maximum atomic E-state index is 12.3. The number of nitrogens with one attached hydrogen (secondary N) is 1. The smallest absolute Gasteiger partial charge is 0.261 e. The van der Waals surface area contributed by atoms with Gasteiger partial charge in [-0.15, -0.1) is 0 Å². The number of alkyl halides is 1. The van der Waals surface area contributed by atoms with E-state index in [1.807, 2.05) is 41.5 Å². The number of benzene rings is 4. The van der Waals surface area contributed by atoms with Crippen molar-refractivity contribution in [3.8, 4) is 11.5 Å². The van der Waals surface area contributed by atoms with E-state index >= 15 is 0 Å². The molecule has 2 heterocycles. The molecule has 0 atom stereocenters. The fourth-order valence-corrected chi connectivity index (χ4v) is 5.89. The van der Waals surface area contributed by atoms with Crippen molar-refractivity contribution in [2.45, 2.75) is 53.5 Å². The van der Waals surface area contributed by atoms with Gasteiger partial charge in [-0.25, -0.2) is 0 Å². The first-order chi connectivity index (χ1) is 27.7. The van der Waals surface area contributed by atoms with Gasteiger partial charge in [0.15, 0.2) is 17.3 Å². The highest BCUT2D eigenvalue weighted by Gasteiger charge is 2.37. The van der Waals surface area contributed by atoms with Gasteiger partial charge in [0.1, 0.15) is 18.1 Å². The Kier molecular flexibility index (Phi) is 15.0. The van der Waals surface area contributed by atoms with E-state index in [4.69, 9.17) is 9.84 Å². The zero-order chi connectivity index (χ0) is 43.7. The first kappa shape index (κ1) is 45.4. The second-order valence-electron chi connectivity index (χ2n) is 15.9. The van der Waals surface area contributed by atoms with Crippen LogP contribution in [0.1, 0.15) is 110 Å². The minimum Gasteiger partial charge on any atom is -0.508 e. The predicted molar refractivity (Wildman–Crippen MR) is 223 cm³/mol. The van der Waals surface area contributed by atoms with Gasteiger partial charge in [-0.05, 0) is 99.0 Å². The summed E-state index contributed by atoms with van der Waals surface area (Å²) in [5.41, 5.74) is 2.16. The summed E-state index contributed by atoms with van der Waals surface area (Å²) in [4.78, 5) is 97.3. The molecule has 308 valence electrons. The number of phenols is 1. The highest BCUT2D eigenvalue weighted by Crippen LogP contribution is 2.25. The number of fused-ring (bicyclic) bond motifs is 2. The fourth-order valence-electron chi connectivity index (χ4n) is 5.72. The molecule has 2 aliphatic rings. The predicted octanol–water partition coefficient (Wildman–Crippen LogP) is 6.72. The van der Waals surface area contributed by atoms with Crippen molar-refractivity contribution in [1.29, 1.82) is 0 Å². The van der Waals surface area contributed by atoms with Gasteiger partial charge in [0.25, 0.3) is 29.5 Å². The Hall–Kier alpha value is -6.28. The van der Waals surface area contributed by atoms with Crippen LogP contribution in [0.25, 0.3) is 0 Å². The van der Waals surface area contributed by atoms with E-state index in [9.17, 15) is 38.4 Å². The van der Waals surface area contributed by atoms with Crippen LogP contribution in [-0.2, 0) is 9.59 Å². The van der Waals surface area contributed by atoms with E-state index in [2.05, 4.69) is 21.2 Å². The summed E-state index contributed by atoms with van der Waals surface area (Å²) in [5.74, 6) is -1.80. The second-order valence-corrected chi connectivity index (χ2v) is 16.5. The third-order valence-electron chi connectivity index (χ3n) is 8.46. The Morgan fingerprint density at radius 1 is 0.610 bits per heavy atom. The van der Waals surface area contributed by atoms with Crippen LogP contribution in [0.2, 0.25) is 0 Å². The number of amides is 5. The molecule has 0 unspecified atom stereocenters. The summed E-state index contributed by atoms with van der Waals surface area (Å²) in [6.45, 7) is 11.0. The van der Waals surface area contributed by atoms with Crippen LogP contribution in [0.5, 0.6) is 11.5 Å². The second kappa shape index (κ2) is 19.4. The van der Waals surface area contributed by atoms with E-state index in [1.54, 1.807) is 84.9 Å².